The van der Waals surface area contributed by atoms with E-state index in [4.69, 9.17) is 11.6 Å². The molecule has 1 fully saturated rings. The third-order valence-electron chi connectivity index (χ3n) is 3.73. The quantitative estimate of drug-likeness (QED) is 0.911. The van der Waals surface area contributed by atoms with Gasteiger partial charge in [-0.3, -0.25) is 9.48 Å². The molecule has 2 rings (SSSR count). The van der Waals surface area contributed by atoms with Crippen molar-refractivity contribution in [1.82, 2.24) is 14.5 Å². The molecule has 0 unspecified atom stereocenters. The van der Waals surface area contributed by atoms with E-state index in [2.05, 4.69) is 9.82 Å². The molecule has 1 aliphatic carbocycles. The Hall–Kier alpha value is -1.08. The molecule has 1 aliphatic rings. The topological polar surface area (TPSA) is 81.1 Å². The first-order valence-corrected chi connectivity index (χ1v) is 7.86. The number of hydrogen-bond donors (Lipinski definition) is 1. The maximum atomic E-state index is 12.1. The lowest BCUT2D eigenvalue weighted by molar-refractivity contribution is 0.0975. The fourth-order valence-corrected chi connectivity index (χ4v) is 3.78. The van der Waals surface area contributed by atoms with Gasteiger partial charge in [0.25, 0.3) is 5.91 Å². The van der Waals surface area contributed by atoms with Crippen LogP contribution in [0, 0.1) is 6.92 Å². The van der Waals surface area contributed by atoms with Gasteiger partial charge in [-0.25, -0.2) is 13.1 Å². The minimum Gasteiger partial charge on any atom is -0.271 e. The van der Waals surface area contributed by atoms with Gasteiger partial charge >= 0.3 is 0 Å². The van der Waals surface area contributed by atoms with Gasteiger partial charge in [0, 0.05) is 7.05 Å². The molecule has 0 atom stereocenters. The van der Waals surface area contributed by atoms with Gasteiger partial charge in [0.15, 0.2) is 5.69 Å². The van der Waals surface area contributed by atoms with E-state index in [0.29, 0.717) is 25.0 Å². The summed E-state index contributed by atoms with van der Waals surface area (Å²) in [5, 5.41) is 4.11. The molecule has 0 aromatic carbocycles. The second-order valence-electron chi connectivity index (χ2n) is 4.84. The largest absolute Gasteiger partial charge is 0.286 e. The van der Waals surface area contributed by atoms with Crippen molar-refractivity contribution in [3.8, 4) is 0 Å². The number of aromatic nitrogens is 2. The number of nitrogens with one attached hydrogen (secondary N) is 1. The zero-order valence-electron chi connectivity index (χ0n) is 11.0. The van der Waals surface area contributed by atoms with Crippen LogP contribution < -0.4 is 4.72 Å². The summed E-state index contributed by atoms with van der Waals surface area (Å²) in [7, 11) is -2.03. The van der Waals surface area contributed by atoms with Gasteiger partial charge in [0.1, 0.15) is 0 Å². The predicted octanol–water partition coefficient (Wildman–Crippen LogP) is 1.38. The molecule has 0 radical (unpaired) electrons. The van der Waals surface area contributed by atoms with Crippen molar-refractivity contribution < 1.29 is 13.2 Å². The summed E-state index contributed by atoms with van der Waals surface area (Å²) >= 11 is 5.96. The number of aryl methyl sites for hydroxylation is 1. The second kappa shape index (κ2) is 4.49. The van der Waals surface area contributed by atoms with Crippen LogP contribution in [0.4, 0.5) is 0 Å². The maximum absolute atomic E-state index is 12.1. The smallest absolute Gasteiger partial charge is 0.271 e. The van der Waals surface area contributed by atoms with E-state index in [-0.39, 0.29) is 10.7 Å². The molecular weight excluding hydrogens is 290 g/mol. The van der Waals surface area contributed by atoms with E-state index in [9.17, 15) is 13.2 Å². The van der Waals surface area contributed by atoms with Crippen LogP contribution in [0.15, 0.2) is 0 Å². The molecule has 0 aliphatic heterocycles. The van der Waals surface area contributed by atoms with E-state index >= 15 is 0 Å². The molecule has 0 saturated heterocycles. The SMILES string of the molecule is CCC1(S(=O)(=O)NC(=O)c2nn(C)c(C)c2Cl)CC1. The molecule has 0 bridgehead atoms. The lowest BCUT2D eigenvalue weighted by Crippen LogP contribution is -2.39. The predicted molar refractivity (Wildman–Crippen MR) is 71.6 cm³/mol. The Bertz CT molecular complexity index is 632. The minimum atomic E-state index is -3.67. The number of carbonyl (C=O) groups is 1. The number of nitrogens with zero attached hydrogens (tertiary/aromatic N) is 2. The Kier molecular flexibility index (Phi) is 3.38. The minimum absolute atomic E-state index is 0.0582. The molecule has 6 nitrogen and oxygen atoms in total. The van der Waals surface area contributed by atoms with Crippen LogP contribution in [-0.2, 0) is 17.1 Å². The summed E-state index contributed by atoms with van der Waals surface area (Å²) in [5.74, 6) is -0.770. The summed E-state index contributed by atoms with van der Waals surface area (Å²) < 4.78 is 27.0. The first-order valence-electron chi connectivity index (χ1n) is 6.00. The highest BCUT2D eigenvalue weighted by molar-refractivity contribution is 7.91. The molecule has 1 saturated carbocycles. The number of hydrogen-bond acceptors (Lipinski definition) is 4. The summed E-state index contributed by atoms with van der Waals surface area (Å²) in [6.07, 6.45) is 1.66. The monoisotopic (exact) mass is 305 g/mol. The number of halogens is 1. The average molecular weight is 306 g/mol. The van der Waals surface area contributed by atoms with Crippen molar-refractivity contribution in [2.45, 2.75) is 37.9 Å². The molecule has 1 N–H and O–H groups in total. The highest BCUT2D eigenvalue weighted by Crippen LogP contribution is 2.45. The zero-order valence-corrected chi connectivity index (χ0v) is 12.6. The standard InChI is InChI=1S/C11H16ClN3O3S/c1-4-11(5-6-11)19(17,18)14-10(16)9-8(12)7(2)15(3)13-9/h4-6H2,1-3H3,(H,14,16). The molecular formula is C11H16ClN3O3S. The van der Waals surface area contributed by atoms with Gasteiger partial charge < -0.3 is 0 Å². The van der Waals surface area contributed by atoms with Gasteiger partial charge in [0.2, 0.25) is 10.0 Å². The van der Waals surface area contributed by atoms with Crippen LogP contribution in [0.3, 0.4) is 0 Å². The number of sulfonamides is 1. The molecule has 1 amide bonds. The van der Waals surface area contributed by atoms with Crippen LogP contribution in [0.25, 0.3) is 0 Å². The lowest BCUT2D eigenvalue weighted by Gasteiger charge is -2.14. The number of rotatable bonds is 4. The van der Waals surface area contributed by atoms with Crippen LogP contribution in [0.5, 0.6) is 0 Å². The van der Waals surface area contributed by atoms with E-state index < -0.39 is 20.7 Å². The molecule has 19 heavy (non-hydrogen) atoms. The Labute approximate surface area is 117 Å². The van der Waals surface area contributed by atoms with Crippen molar-refractivity contribution in [3.63, 3.8) is 0 Å². The Balaban J connectivity index is 2.25. The zero-order chi connectivity index (χ0) is 14.4. The van der Waals surface area contributed by atoms with Crippen LogP contribution in [0.1, 0.15) is 42.4 Å². The van der Waals surface area contributed by atoms with E-state index in [0.717, 1.165) is 0 Å². The molecule has 106 valence electrons. The second-order valence-corrected chi connectivity index (χ2v) is 7.30. The first kappa shape index (κ1) is 14.3. The van der Waals surface area contributed by atoms with Crippen LogP contribution >= 0.6 is 11.6 Å². The Morgan fingerprint density at radius 3 is 2.47 bits per heavy atom. The summed E-state index contributed by atoms with van der Waals surface area (Å²) in [5.41, 5.74) is 0.554. The highest BCUT2D eigenvalue weighted by Gasteiger charge is 2.53. The van der Waals surface area contributed by atoms with Gasteiger partial charge in [-0.1, -0.05) is 18.5 Å². The normalized spacial score (nSPS) is 17.3. The summed E-state index contributed by atoms with van der Waals surface area (Å²) in [6.45, 7) is 3.50. The van der Waals surface area contributed by atoms with Crippen molar-refractivity contribution >= 4 is 27.5 Å². The van der Waals surface area contributed by atoms with Crippen molar-refractivity contribution in [1.29, 1.82) is 0 Å². The van der Waals surface area contributed by atoms with Crippen molar-refractivity contribution in [2.75, 3.05) is 0 Å². The molecule has 0 spiro atoms. The van der Waals surface area contributed by atoms with Crippen molar-refractivity contribution in [3.05, 3.63) is 16.4 Å². The van der Waals surface area contributed by atoms with E-state index in [1.807, 2.05) is 0 Å². The molecule has 1 aromatic heterocycles. The van der Waals surface area contributed by atoms with Crippen LogP contribution in [-0.4, -0.2) is 28.9 Å². The summed E-state index contributed by atoms with van der Waals surface area (Å²) in [6, 6.07) is 0. The van der Waals surface area contributed by atoms with Gasteiger partial charge in [-0.05, 0) is 26.2 Å². The van der Waals surface area contributed by atoms with Crippen molar-refractivity contribution in [2.24, 2.45) is 7.05 Å². The third kappa shape index (κ3) is 2.25. The average Bonchev–Trinajstić information content (AvgIpc) is 3.10. The summed E-state index contributed by atoms with van der Waals surface area (Å²) in [4.78, 5) is 12.0. The lowest BCUT2D eigenvalue weighted by atomic mass is 10.3. The van der Waals surface area contributed by atoms with Crippen LogP contribution in [0.2, 0.25) is 5.02 Å². The Morgan fingerprint density at radius 1 is 1.53 bits per heavy atom. The fraction of sp³-hybridized carbons (Fsp3) is 0.636. The highest BCUT2D eigenvalue weighted by atomic mass is 35.5. The van der Waals surface area contributed by atoms with E-state index in [1.54, 1.807) is 20.9 Å². The van der Waals surface area contributed by atoms with E-state index in [1.165, 1.54) is 4.68 Å². The maximum Gasteiger partial charge on any atom is 0.286 e. The fourth-order valence-electron chi connectivity index (χ4n) is 1.96. The molecule has 1 aromatic rings. The number of carbonyl (C=O) groups excluding carboxylic acids is 1. The Morgan fingerprint density at radius 2 is 2.11 bits per heavy atom. The first-order chi connectivity index (χ1) is 8.74. The van der Waals surface area contributed by atoms with Gasteiger partial charge in [-0.2, -0.15) is 5.10 Å². The molecule has 1 heterocycles. The number of amides is 1. The van der Waals surface area contributed by atoms with Gasteiger partial charge in [-0.15, -0.1) is 0 Å². The third-order valence-corrected chi connectivity index (χ3v) is 6.47. The molecule has 8 heteroatoms. The van der Waals surface area contributed by atoms with Gasteiger partial charge in [0.05, 0.1) is 15.5 Å².